The summed E-state index contributed by atoms with van der Waals surface area (Å²) >= 11 is 0. The predicted octanol–water partition coefficient (Wildman–Crippen LogP) is 5.04. The van der Waals surface area contributed by atoms with Gasteiger partial charge in [0.25, 0.3) is 5.91 Å². The van der Waals surface area contributed by atoms with Crippen molar-refractivity contribution in [2.75, 3.05) is 38.6 Å². The molecule has 1 aliphatic heterocycles. The predicted molar refractivity (Wildman–Crippen MR) is 152 cm³/mol. The van der Waals surface area contributed by atoms with E-state index in [1.165, 1.54) is 11.1 Å². The Hall–Kier alpha value is -3.98. The van der Waals surface area contributed by atoms with E-state index < -0.39 is 10.0 Å². The fourth-order valence-corrected chi connectivity index (χ4v) is 6.31. The monoisotopic (exact) mass is 541 g/mol. The van der Waals surface area contributed by atoms with Crippen molar-refractivity contribution in [2.24, 2.45) is 0 Å². The fourth-order valence-electron chi connectivity index (χ4n) is 4.89. The van der Waals surface area contributed by atoms with Crippen molar-refractivity contribution in [2.45, 2.75) is 10.9 Å². The largest absolute Gasteiger partial charge is 0.497 e. The maximum Gasteiger partial charge on any atom is 0.255 e. The summed E-state index contributed by atoms with van der Waals surface area (Å²) in [5.74, 6) is 0.383. The van der Waals surface area contributed by atoms with Crippen molar-refractivity contribution in [3.63, 3.8) is 0 Å². The van der Waals surface area contributed by atoms with Crippen molar-refractivity contribution < 1.29 is 17.9 Å². The van der Waals surface area contributed by atoms with Crippen LogP contribution < -0.4 is 10.1 Å². The summed E-state index contributed by atoms with van der Waals surface area (Å²) in [4.78, 5) is 15.1. The van der Waals surface area contributed by atoms with Crippen LogP contribution in [0.3, 0.4) is 0 Å². The second-order valence-electron chi connectivity index (χ2n) is 9.37. The minimum Gasteiger partial charge on any atom is -0.497 e. The summed E-state index contributed by atoms with van der Waals surface area (Å²) in [6.45, 7) is 2.02. The van der Waals surface area contributed by atoms with Gasteiger partial charge < -0.3 is 10.1 Å². The molecule has 5 rings (SSSR count). The lowest BCUT2D eigenvalue weighted by molar-refractivity contribution is 0.102. The smallest absolute Gasteiger partial charge is 0.255 e. The molecule has 0 aliphatic carbocycles. The quantitative estimate of drug-likeness (QED) is 0.338. The van der Waals surface area contributed by atoms with Gasteiger partial charge in [0, 0.05) is 37.4 Å². The number of carbonyl (C=O) groups is 1. The molecule has 4 aromatic rings. The zero-order chi connectivity index (χ0) is 27.2. The number of methoxy groups -OCH3 is 1. The Balaban J connectivity index is 1.25. The fraction of sp³-hybridized carbons (Fsp3) is 0.194. The number of amides is 1. The summed E-state index contributed by atoms with van der Waals surface area (Å²) in [7, 11) is -2.10. The molecule has 4 aromatic carbocycles. The Bertz CT molecular complexity index is 1450. The van der Waals surface area contributed by atoms with Crippen LogP contribution in [-0.2, 0) is 10.0 Å². The number of sulfonamides is 1. The van der Waals surface area contributed by atoms with E-state index in [4.69, 9.17) is 4.74 Å². The summed E-state index contributed by atoms with van der Waals surface area (Å²) in [5.41, 5.74) is 3.38. The van der Waals surface area contributed by atoms with Gasteiger partial charge in [0.1, 0.15) is 5.75 Å². The zero-order valence-electron chi connectivity index (χ0n) is 21.7. The minimum atomic E-state index is -3.67. The molecule has 1 fully saturated rings. The minimum absolute atomic E-state index is 0.0610. The van der Waals surface area contributed by atoms with Crippen LogP contribution in [-0.4, -0.2) is 56.8 Å². The standard InChI is InChI=1S/C31H31N3O4S/c1-38-28-16-12-26(13-17-28)31(35)32-27-14-18-29(19-15-27)39(36,37)34-22-20-33(21-23-34)30(24-8-4-2-5-9-24)25-10-6-3-7-11-25/h2-19,30H,20-23H2,1H3,(H,32,35). The van der Waals surface area contributed by atoms with Gasteiger partial charge in [-0.1, -0.05) is 60.7 Å². The van der Waals surface area contributed by atoms with Crippen molar-refractivity contribution in [1.29, 1.82) is 0 Å². The van der Waals surface area contributed by atoms with Gasteiger partial charge >= 0.3 is 0 Å². The molecule has 1 N–H and O–H groups in total. The first kappa shape index (κ1) is 26.6. The van der Waals surface area contributed by atoms with Crippen molar-refractivity contribution in [3.8, 4) is 5.75 Å². The van der Waals surface area contributed by atoms with E-state index >= 15 is 0 Å². The molecule has 1 saturated heterocycles. The molecule has 0 bridgehead atoms. The third kappa shape index (κ3) is 6.04. The third-order valence-corrected chi connectivity index (χ3v) is 8.88. The summed E-state index contributed by atoms with van der Waals surface area (Å²) < 4.78 is 33.5. The number of hydrogen-bond acceptors (Lipinski definition) is 5. The van der Waals surface area contributed by atoms with Crippen LogP contribution in [0.5, 0.6) is 5.75 Å². The molecule has 0 unspecified atom stereocenters. The molecule has 8 heteroatoms. The number of carbonyl (C=O) groups excluding carboxylic acids is 1. The molecule has 200 valence electrons. The van der Waals surface area contributed by atoms with Crippen LogP contribution >= 0.6 is 0 Å². The Morgan fingerprint density at radius 2 is 1.28 bits per heavy atom. The average molecular weight is 542 g/mol. The molecule has 1 heterocycles. The van der Waals surface area contributed by atoms with Crippen molar-refractivity contribution in [3.05, 3.63) is 126 Å². The zero-order valence-corrected chi connectivity index (χ0v) is 22.6. The van der Waals surface area contributed by atoms with Gasteiger partial charge in [0.15, 0.2) is 0 Å². The lowest BCUT2D eigenvalue weighted by atomic mass is 9.96. The molecule has 0 atom stereocenters. The molecule has 0 radical (unpaired) electrons. The van der Waals surface area contributed by atoms with E-state index in [-0.39, 0.29) is 16.8 Å². The number of hydrogen-bond donors (Lipinski definition) is 1. The van der Waals surface area contributed by atoms with Gasteiger partial charge in [-0.25, -0.2) is 8.42 Å². The highest BCUT2D eigenvalue weighted by molar-refractivity contribution is 7.89. The van der Waals surface area contributed by atoms with E-state index in [1.807, 2.05) is 36.4 Å². The maximum absolute atomic E-state index is 13.4. The number of nitrogens with zero attached hydrogens (tertiary/aromatic N) is 2. The first-order valence-electron chi connectivity index (χ1n) is 12.9. The highest BCUT2D eigenvalue weighted by Gasteiger charge is 2.32. The Labute approximate surface area is 229 Å². The highest BCUT2D eigenvalue weighted by Crippen LogP contribution is 2.30. The van der Waals surface area contributed by atoms with Gasteiger partial charge in [0.05, 0.1) is 18.0 Å². The van der Waals surface area contributed by atoms with Gasteiger partial charge in [-0.15, -0.1) is 0 Å². The second-order valence-corrected chi connectivity index (χ2v) is 11.3. The summed E-state index contributed by atoms with van der Waals surface area (Å²) in [6.07, 6.45) is 0. The number of ether oxygens (including phenoxy) is 1. The molecular weight excluding hydrogens is 510 g/mol. The second kappa shape index (κ2) is 11.8. The molecule has 1 amide bonds. The van der Waals surface area contributed by atoms with Crippen LogP contribution in [0.1, 0.15) is 27.5 Å². The van der Waals surface area contributed by atoms with E-state index in [2.05, 4.69) is 34.5 Å². The Kier molecular flexibility index (Phi) is 8.07. The van der Waals surface area contributed by atoms with Crippen LogP contribution in [0.2, 0.25) is 0 Å². The van der Waals surface area contributed by atoms with Crippen LogP contribution in [0.15, 0.2) is 114 Å². The van der Waals surface area contributed by atoms with Gasteiger partial charge in [0.2, 0.25) is 10.0 Å². The number of rotatable bonds is 8. The lowest BCUT2D eigenvalue weighted by Gasteiger charge is -2.39. The van der Waals surface area contributed by atoms with Crippen LogP contribution in [0, 0.1) is 0 Å². The highest BCUT2D eigenvalue weighted by atomic mass is 32.2. The average Bonchev–Trinajstić information content (AvgIpc) is 2.99. The van der Waals surface area contributed by atoms with E-state index in [0.29, 0.717) is 43.2 Å². The van der Waals surface area contributed by atoms with E-state index in [1.54, 1.807) is 59.9 Å². The van der Waals surface area contributed by atoms with E-state index in [9.17, 15) is 13.2 Å². The first-order valence-corrected chi connectivity index (χ1v) is 14.3. The van der Waals surface area contributed by atoms with E-state index in [0.717, 1.165) is 0 Å². The Morgan fingerprint density at radius 1 is 0.744 bits per heavy atom. The first-order chi connectivity index (χ1) is 19.0. The summed E-state index contributed by atoms with van der Waals surface area (Å²) in [5, 5.41) is 2.81. The number of nitrogens with one attached hydrogen (secondary N) is 1. The van der Waals surface area contributed by atoms with Gasteiger partial charge in [-0.2, -0.15) is 4.31 Å². The summed E-state index contributed by atoms with van der Waals surface area (Å²) in [6, 6.07) is 33.8. The normalized spacial score (nSPS) is 14.7. The lowest BCUT2D eigenvalue weighted by Crippen LogP contribution is -2.49. The number of piperazine rings is 1. The van der Waals surface area contributed by atoms with Crippen LogP contribution in [0.4, 0.5) is 5.69 Å². The molecule has 0 saturated carbocycles. The van der Waals surface area contributed by atoms with Crippen molar-refractivity contribution >= 4 is 21.6 Å². The molecule has 0 spiro atoms. The third-order valence-electron chi connectivity index (χ3n) is 6.97. The number of anilines is 1. The van der Waals surface area contributed by atoms with Gasteiger partial charge in [-0.3, -0.25) is 9.69 Å². The van der Waals surface area contributed by atoms with Crippen molar-refractivity contribution in [1.82, 2.24) is 9.21 Å². The molecule has 39 heavy (non-hydrogen) atoms. The topological polar surface area (TPSA) is 78.9 Å². The molecule has 7 nitrogen and oxygen atoms in total. The molecule has 1 aliphatic rings. The molecule has 0 aromatic heterocycles. The van der Waals surface area contributed by atoms with Gasteiger partial charge in [-0.05, 0) is 59.7 Å². The SMILES string of the molecule is COc1ccc(C(=O)Nc2ccc(S(=O)(=O)N3CCN(C(c4ccccc4)c4ccccc4)CC3)cc2)cc1. The maximum atomic E-state index is 13.4. The number of benzene rings is 4. The molecular formula is C31H31N3O4S. The Morgan fingerprint density at radius 3 is 1.79 bits per heavy atom. The van der Waals surface area contributed by atoms with Crippen LogP contribution in [0.25, 0.3) is 0 Å².